The van der Waals surface area contributed by atoms with Crippen molar-refractivity contribution in [2.45, 2.75) is 19.5 Å². The zero-order valence-electron chi connectivity index (χ0n) is 7.66. The van der Waals surface area contributed by atoms with Crippen LogP contribution in [-0.2, 0) is 12.6 Å². The normalized spacial score (nSPS) is 11.8. The highest BCUT2D eigenvalue weighted by Crippen LogP contribution is 2.32. The zero-order chi connectivity index (χ0) is 10.8. The number of rotatable bonds is 2. The lowest BCUT2D eigenvalue weighted by Crippen LogP contribution is -2.08. The van der Waals surface area contributed by atoms with Crippen LogP contribution in [0.1, 0.15) is 16.7 Å². The first-order chi connectivity index (χ1) is 6.45. The second-order valence-electron chi connectivity index (χ2n) is 3.09. The third-order valence-corrected chi connectivity index (χ3v) is 2.39. The highest BCUT2D eigenvalue weighted by Gasteiger charge is 2.32. The summed E-state index contributed by atoms with van der Waals surface area (Å²) < 4.78 is 37.4. The predicted octanol–water partition coefficient (Wildman–Crippen LogP) is 3.95. The number of aryl methyl sites for hydroxylation is 2. The molecule has 0 saturated carbocycles. The molecular weight excluding hydrogens is 257 g/mol. The number of hydrogen-bond donors (Lipinski definition) is 0. The fraction of sp³-hybridized carbons (Fsp3) is 0.400. The summed E-state index contributed by atoms with van der Waals surface area (Å²) in [7, 11) is 0. The molecule has 0 fully saturated rings. The number of hydrogen-bond acceptors (Lipinski definition) is 0. The van der Waals surface area contributed by atoms with E-state index >= 15 is 0 Å². The fourth-order valence-corrected chi connectivity index (χ4v) is 1.70. The van der Waals surface area contributed by atoms with Gasteiger partial charge in [0.15, 0.2) is 0 Å². The van der Waals surface area contributed by atoms with E-state index in [4.69, 9.17) is 0 Å². The van der Waals surface area contributed by atoms with E-state index < -0.39 is 11.7 Å². The highest BCUT2D eigenvalue weighted by atomic mass is 79.9. The van der Waals surface area contributed by atoms with Crippen LogP contribution < -0.4 is 0 Å². The first-order valence-corrected chi connectivity index (χ1v) is 5.30. The van der Waals surface area contributed by atoms with Crippen LogP contribution in [0.2, 0.25) is 0 Å². The number of alkyl halides is 4. The van der Waals surface area contributed by atoms with Gasteiger partial charge in [0.25, 0.3) is 0 Å². The molecule has 0 bridgehead atoms. The van der Waals surface area contributed by atoms with Crippen LogP contribution in [0.25, 0.3) is 0 Å². The summed E-state index contributed by atoms with van der Waals surface area (Å²) >= 11 is 3.20. The highest BCUT2D eigenvalue weighted by molar-refractivity contribution is 9.09. The lowest BCUT2D eigenvalue weighted by Gasteiger charge is -2.11. The van der Waals surface area contributed by atoms with Crippen LogP contribution in [0, 0.1) is 6.92 Å². The standard InChI is InChI=1S/C10H10BrF3/c1-7-2-3-8(4-5-11)6-9(7)10(12,13)14/h2-3,6H,4-5H2,1H3. The van der Waals surface area contributed by atoms with Crippen molar-refractivity contribution in [3.8, 4) is 0 Å². The Morgan fingerprint density at radius 3 is 2.43 bits per heavy atom. The van der Waals surface area contributed by atoms with Crippen LogP contribution in [0.15, 0.2) is 18.2 Å². The minimum atomic E-state index is -4.24. The van der Waals surface area contributed by atoms with Gasteiger partial charge in [0.1, 0.15) is 0 Å². The van der Waals surface area contributed by atoms with Crippen LogP contribution in [-0.4, -0.2) is 5.33 Å². The summed E-state index contributed by atoms with van der Waals surface area (Å²) in [5, 5.41) is 0.674. The van der Waals surface area contributed by atoms with Crippen molar-refractivity contribution >= 4 is 15.9 Å². The minimum absolute atomic E-state index is 0.274. The molecule has 0 amide bonds. The van der Waals surface area contributed by atoms with Gasteiger partial charge in [0, 0.05) is 5.33 Å². The maximum Gasteiger partial charge on any atom is 0.416 e. The summed E-state index contributed by atoms with van der Waals surface area (Å²) in [5.74, 6) is 0. The number of halogens is 4. The Morgan fingerprint density at radius 2 is 1.93 bits per heavy atom. The van der Waals surface area contributed by atoms with Crippen molar-refractivity contribution in [3.05, 3.63) is 34.9 Å². The van der Waals surface area contributed by atoms with Crippen LogP contribution in [0.3, 0.4) is 0 Å². The van der Waals surface area contributed by atoms with E-state index in [-0.39, 0.29) is 5.56 Å². The zero-order valence-corrected chi connectivity index (χ0v) is 9.24. The predicted molar refractivity (Wildman–Crippen MR) is 53.7 cm³/mol. The van der Waals surface area contributed by atoms with Gasteiger partial charge >= 0.3 is 6.18 Å². The van der Waals surface area contributed by atoms with Gasteiger partial charge < -0.3 is 0 Å². The van der Waals surface area contributed by atoms with Gasteiger partial charge in [-0.05, 0) is 30.5 Å². The summed E-state index contributed by atoms with van der Waals surface area (Å²) in [6, 6.07) is 4.46. The Morgan fingerprint density at radius 1 is 1.29 bits per heavy atom. The summed E-state index contributed by atoms with van der Waals surface area (Å²) in [6.45, 7) is 1.47. The molecule has 0 aliphatic rings. The topological polar surface area (TPSA) is 0 Å². The van der Waals surface area contributed by atoms with Crippen molar-refractivity contribution in [3.63, 3.8) is 0 Å². The van der Waals surface area contributed by atoms with E-state index in [0.29, 0.717) is 17.3 Å². The summed E-state index contributed by atoms with van der Waals surface area (Å²) in [6.07, 6.45) is -3.63. The first-order valence-electron chi connectivity index (χ1n) is 4.18. The molecule has 0 radical (unpaired) electrons. The maximum absolute atomic E-state index is 12.5. The molecule has 1 aromatic carbocycles. The molecule has 0 aromatic heterocycles. The molecule has 0 N–H and O–H groups in total. The Hall–Kier alpha value is -0.510. The van der Waals surface area contributed by atoms with Gasteiger partial charge in [-0.1, -0.05) is 28.1 Å². The molecule has 0 aliphatic carbocycles. The molecule has 1 rings (SSSR count). The third kappa shape index (κ3) is 2.74. The molecule has 0 aliphatic heterocycles. The fourth-order valence-electron chi connectivity index (χ4n) is 1.24. The van der Waals surface area contributed by atoms with Gasteiger partial charge in [-0.25, -0.2) is 0 Å². The average Bonchev–Trinajstić information content (AvgIpc) is 2.07. The summed E-state index contributed by atoms with van der Waals surface area (Å²) in [5.41, 5.74) is 0.451. The molecular formula is C10H10BrF3. The molecule has 0 heterocycles. The van der Waals surface area contributed by atoms with E-state index in [9.17, 15) is 13.2 Å². The maximum atomic E-state index is 12.5. The minimum Gasteiger partial charge on any atom is -0.166 e. The van der Waals surface area contributed by atoms with Gasteiger partial charge in [-0.2, -0.15) is 13.2 Å². The third-order valence-electron chi connectivity index (χ3n) is 1.99. The van der Waals surface area contributed by atoms with E-state index in [1.54, 1.807) is 6.07 Å². The van der Waals surface area contributed by atoms with E-state index in [0.717, 1.165) is 0 Å². The van der Waals surface area contributed by atoms with Gasteiger partial charge in [0.2, 0.25) is 0 Å². The molecule has 0 unspecified atom stereocenters. The number of benzene rings is 1. The molecule has 0 nitrogen and oxygen atoms in total. The largest absolute Gasteiger partial charge is 0.416 e. The molecule has 4 heteroatoms. The average molecular weight is 267 g/mol. The van der Waals surface area contributed by atoms with Crippen LogP contribution in [0.5, 0.6) is 0 Å². The van der Waals surface area contributed by atoms with Gasteiger partial charge in [-0.3, -0.25) is 0 Å². The smallest absolute Gasteiger partial charge is 0.166 e. The second kappa shape index (κ2) is 4.34. The van der Waals surface area contributed by atoms with Crippen LogP contribution >= 0.6 is 15.9 Å². The lowest BCUT2D eigenvalue weighted by molar-refractivity contribution is -0.138. The van der Waals surface area contributed by atoms with Gasteiger partial charge in [-0.15, -0.1) is 0 Å². The van der Waals surface area contributed by atoms with Gasteiger partial charge in [0.05, 0.1) is 5.56 Å². The lowest BCUT2D eigenvalue weighted by atomic mass is 10.0. The SMILES string of the molecule is Cc1ccc(CCBr)cc1C(F)(F)F. The van der Waals surface area contributed by atoms with Crippen molar-refractivity contribution in [2.24, 2.45) is 0 Å². The Labute approximate surface area is 89.3 Å². The Balaban J connectivity index is 3.09. The van der Waals surface area contributed by atoms with E-state index in [1.165, 1.54) is 19.1 Å². The van der Waals surface area contributed by atoms with Crippen molar-refractivity contribution in [1.29, 1.82) is 0 Å². The monoisotopic (exact) mass is 266 g/mol. The van der Waals surface area contributed by atoms with Crippen LogP contribution in [0.4, 0.5) is 13.2 Å². The first kappa shape index (κ1) is 11.6. The molecule has 14 heavy (non-hydrogen) atoms. The van der Waals surface area contributed by atoms with Crippen molar-refractivity contribution < 1.29 is 13.2 Å². The molecule has 0 spiro atoms. The Bertz CT molecular complexity index is 318. The second-order valence-corrected chi connectivity index (χ2v) is 3.88. The van der Waals surface area contributed by atoms with E-state index in [1.807, 2.05) is 0 Å². The molecule has 78 valence electrons. The Kier molecular flexibility index (Phi) is 3.59. The summed E-state index contributed by atoms with van der Waals surface area (Å²) in [4.78, 5) is 0. The molecule has 1 aromatic rings. The molecule has 0 atom stereocenters. The van der Waals surface area contributed by atoms with Crippen molar-refractivity contribution in [1.82, 2.24) is 0 Å². The van der Waals surface area contributed by atoms with E-state index in [2.05, 4.69) is 15.9 Å². The van der Waals surface area contributed by atoms with Crippen molar-refractivity contribution in [2.75, 3.05) is 5.33 Å². The quantitative estimate of drug-likeness (QED) is 0.712. The molecule has 0 saturated heterocycles.